The van der Waals surface area contributed by atoms with Gasteiger partial charge in [-0.1, -0.05) is 0 Å². The Morgan fingerprint density at radius 1 is 1.40 bits per heavy atom. The zero-order valence-corrected chi connectivity index (χ0v) is 14.5. The van der Waals surface area contributed by atoms with E-state index in [9.17, 15) is 9.59 Å². The zero-order valence-electron chi connectivity index (χ0n) is 14.5. The zero-order chi connectivity index (χ0) is 17.8. The maximum Gasteiger partial charge on any atom is 0.303 e. The number of carbonyl (C=O) groups excluding carboxylic acids is 1. The Hall–Kier alpha value is -2.50. The molecule has 1 aliphatic rings. The topological polar surface area (TPSA) is 82.6 Å². The third-order valence-corrected chi connectivity index (χ3v) is 4.95. The molecule has 1 aliphatic heterocycles. The predicted molar refractivity (Wildman–Crippen MR) is 94.7 cm³/mol. The Kier molecular flexibility index (Phi) is 5.26. The average Bonchev–Trinajstić information content (AvgIpc) is 3.02. The second-order valence-corrected chi connectivity index (χ2v) is 6.68. The molecule has 1 amide bonds. The number of methoxy groups -OCH3 is 1. The first-order valence-electron chi connectivity index (χ1n) is 8.70. The van der Waals surface area contributed by atoms with E-state index in [-0.39, 0.29) is 18.2 Å². The Labute approximate surface area is 146 Å². The number of nitrogens with zero attached hydrogens (tertiary/aromatic N) is 1. The van der Waals surface area contributed by atoms with Crippen LogP contribution in [0.15, 0.2) is 24.4 Å². The number of benzene rings is 1. The molecule has 0 saturated carbocycles. The number of H-pyrrole nitrogens is 1. The molecule has 1 fully saturated rings. The van der Waals surface area contributed by atoms with Crippen molar-refractivity contribution in [3.05, 3.63) is 30.0 Å². The molecule has 1 atom stereocenters. The number of hydrogen-bond donors (Lipinski definition) is 2. The Morgan fingerprint density at radius 3 is 3.00 bits per heavy atom. The fourth-order valence-corrected chi connectivity index (χ4v) is 3.56. The fourth-order valence-electron chi connectivity index (χ4n) is 3.56. The number of aliphatic carboxylic acids is 1. The van der Waals surface area contributed by atoms with Crippen LogP contribution in [0.3, 0.4) is 0 Å². The van der Waals surface area contributed by atoms with Gasteiger partial charge in [0, 0.05) is 36.6 Å². The Balaban J connectivity index is 1.66. The minimum Gasteiger partial charge on any atom is -0.497 e. The smallest absolute Gasteiger partial charge is 0.303 e. The lowest BCUT2D eigenvalue weighted by Gasteiger charge is -2.32. The van der Waals surface area contributed by atoms with Crippen molar-refractivity contribution in [2.45, 2.75) is 32.1 Å². The van der Waals surface area contributed by atoms with Gasteiger partial charge in [0.2, 0.25) is 5.91 Å². The van der Waals surface area contributed by atoms with Gasteiger partial charge in [-0.25, -0.2) is 0 Å². The average molecular weight is 344 g/mol. The van der Waals surface area contributed by atoms with E-state index in [1.165, 1.54) is 0 Å². The first kappa shape index (κ1) is 17.3. The molecule has 1 saturated heterocycles. The number of fused-ring (bicyclic) bond motifs is 1. The minimum atomic E-state index is -0.767. The SMILES string of the molecule is COc1ccc2[nH]cc(CC(=O)N3CCCC(CCC(=O)O)C3)c2c1. The second kappa shape index (κ2) is 7.59. The van der Waals surface area contributed by atoms with Crippen LogP contribution in [0.1, 0.15) is 31.2 Å². The number of rotatable bonds is 6. The van der Waals surface area contributed by atoms with Gasteiger partial charge >= 0.3 is 5.97 Å². The number of carboxylic acid groups (broad SMARTS) is 1. The van der Waals surface area contributed by atoms with Gasteiger partial charge in [-0.05, 0) is 48.9 Å². The van der Waals surface area contributed by atoms with E-state index in [1.54, 1.807) is 7.11 Å². The molecule has 25 heavy (non-hydrogen) atoms. The summed E-state index contributed by atoms with van der Waals surface area (Å²) >= 11 is 0. The van der Waals surface area contributed by atoms with Crippen LogP contribution >= 0.6 is 0 Å². The Morgan fingerprint density at radius 2 is 2.24 bits per heavy atom. The Bertz CT molecular complexity index is 768. The second-order valence-electron chi connectivity index (χ2n) is 6.68. The molecule has 1 aromatic heterocycles. The van der Waals surface area contributed by atoms with E-state index in [1.807, 2.05) is 29.3 Å². The number of ether oxygens (including phenoxy) is 1. The lowest BCUT2D eigenvalue weighted by Crippen LogP contribution is -2.40. The van der Waals surface area contributed by atoms with Gasteiger partial charge in [-0.2, -0.15) is 0 Å². The van der Waals surface area contributed by atoms with E-state index in [0.29, 0.717) is 19.4 Å². The molecular formula is C19H24N2O4. The third kappa shape index (κ3) is 4.13. The summed E-state index contributed by atoms with van der Waals surface area (Å²) in [5.41, 5.74) is 1.95. The molecule has 1 aromatic carbocycles. The molecule has 134 valence electrons. The highest BCUT2D eigenvalue weighted by Gasteiger charge is 2.24. The van der Waals surface area contributed by atoms with Gasteiger partial charge < -0.3 is 19.7 Å². The van der Waals surface area contributed by atoms with E-state index in [4.69, 9.17) is 9.84 Å². The van der Waals surface area contributed by atoms with Crippen LogP contribution in [0, 0.1) is 5.92 Å². The van der Waals surface area contributed by atoms with Crippen LogP contribution < -0.4 is 4.74 Å². The highest BCUT2D eigenvalue weighted by molar-refractivity contribution is 5.89. The van der Waals surface area contributed by atoms with Crippen LogP contribution in [-0.2, 0) is 16.0 Å². The molecule has 0 spiro atoms. The number of likely N-dealkylation sites (tertiary alicyclic amines) is 1. The summed E-state index contributed by atoms with van der Waals surface area (Å²) in [6, 6.07) is 5.79. The summed E-state index contributed by atoms with van der Waals surface area (Å²) < 4.78 is 5.27. The van der Waals surface area contributed by atoms with Gasteiger partial charge in [-0.3, -0.25) is 9.59 Å². The fraction of sp³-hybridized carbons (Fsp3) is 0.474. The molecule has 0 aliphatic carbocycles. The van der Waals surface area contributed by atoms with Crippen molar-refractivity contribution >= 4 is 22.8 Å². The number of carboxylic acids is 1. The molecule has 3 rings (SSSR count). The monoisotopic (exact) mass is 344 g/mol. The molecule has 2 aromatic rings. The summed E-state index contributed by atoms with van der Waals surface area (Å²) in [5, 5.41) is 9.85. The maximum absolute atomic E-state index is 12.7. The molecule has 0 bridgehead atoms. The molecule has 6 nitrogen and oxygen atoms in total. The van der Waals surface area contributed by atoms with Gasteiger partial charge in [0.05, 0.1) is 13.5 Å². The van der Waals surface area contributed by atoms with Crippen LogP contribution in [0.5, 0.6) is 5.75 Å². The van der Waals surface area contributed by atoms with Crippen molar-refractivity contribution in [1.82, 2.24) is 9.88 Å². The predicted octanol–water partition coefficient (Wildman–Crippen LogP) is 2.82. The molecule has 2 N–H and O–H groups in total. The summed E-state index contributed by atoms with van der Waals surface area (Å²) in [5.74, 6) is 0.393. The maximum atomic E-state index is 12.7. The van der Waals surface area contributed by atoms with Crippen molar-refractivity contribution in [1.29, 1.82) is 0 Å². The molecule has 2 heterocycles. The van der Waals surface area contributed by atoms with E-state index < -0.39 is 5.97 Å². The number of carbonyl (C=O) groups is 2. The molecule has 1 unspecified atom stereocenters. The van der Waals surface area contributed by atoms with Gasteiger partial charge in [0.25, 0.3) is 0 Å². The number of hydrogen-bond acceptors (Lipinski definition) is 3. The highest BCUT2D eigenvalue weighted by atomic mass is 16.5. The number of aromatic amines is 1. The normalized spacial score (nSPS) is 17.6. The summed E-state index contributed by atoms with van der Waals surface area (Å²) in [6.45, 7) is 1.42. The van der Waals surface area contributed by atoms with Gasteiger partial charge in [0.15, 0.2) is 0 Å². The number of amides is 1. The molecular weight excluding hydrogens is 320 g/mol. The summed E-state index contributed by atoms with van der Waals surface area (Å²) in [4.78, 5) is 28.5. The first-order chi connectivity index (χ1) is 12.1. The van der Waals surface area contributed by atoms with E-state index in [0.717, 1.165) is 41.6 Å². The van der Waals surface area contributed by atoms with Crippen LogP contribution in [0.2, 0.25) is 0 Å². The number of nitrogens with one attached hydrogen (secondary N) is 1. The quantitative estimate of drug-likeness (QED) is 0.844. The molecule has 0 radical (unpaired) electrons. The van der Waals surface area contributed by atoms with Crippen molar-refractivity contribution in [2.75, 3.05) is 20.2 Å². The first-order valence-corrected chi connectivity index (χ1v) is 8.70. The van der Waals surface area contributed by atoms with Crippen molar-refractivity contribution < 1.29 is 19.4 Å². The summed E-state index contributed by atoms with van der Waals surface area (Å²) in [7, 11) is 1.63. The third-order valence-electron chi connectivity index (χ3n) is 4.95. The van der Waals surface area contributed by atoms with Crippen LogP contribution in [0.4, 0.5) is 0 Å². The standard InChI is InChI=1S/C19H24N2O4/c1-25-15-5-6-17-16(10-15)14(11-20-17)9-18(22)21-8-2-3-13(12-21)4-7-19(23)24/h5-6,10-11,13,20H,2-4,7-9,12H2,1H3,(H,23,24). The van der Waals surface area contributed by atoms with Gasteiger partial charge in [0.1, 0.15) is 5.75 Å². The van der Waals surface area contributed by atoms with Crippen molar-refractivity contribution in [3.63, 3.8) is 0 Å². The lowest BCUT2D eigenvalue weighted by molar-refractivity contribution is -0.137. The van der Waals surface area contributed by atoms with Crippen LogP contribution in [0.25, 0.3) is 10.9 Å². The molecule has 6 heteroatoms. The number of piperidine rings is 1. The minimum absolute atomic E-state index is 0.101. The van der Waals surface area contributed by atoms with E-state index in [2.05, 4.69) is 4.98 Å². The van der Waals surface area contributed by atoms with E-state index >= 15 is 0 Å². The lowest BCUT2D eigenvalue weighted by atomic mass is 9.93. The van der Waals surface area contributed by atoms with Crippen molar-refractivity contribution in [2.24, 2.45) is 5.92 Å². The highest BCUT2D eigenvalue weighted by Crippen LogP contribution is 2.26. The van der Waals surface area contributed by atoms with Crippen LogP contribution in [-0.4, -0.2) is 47.1 Å². The summed E-state index contributed by atoms with van der Waals surface area (Å²) in [6.07, 6.45) is 4.99. The van der Waals surface area contributed by atoms with Crippen molar-refractivity contribution in [3.8, 4) is 5.75 Å². The largest absolute Gasteiger partial charge is 0.497 e. The number of aromatic nitrogens is 1. The van der Waals surface area contributed by atoms with Gasteiger partial charge in [-0.15, -0.1) is 0 Å².